The molecule has 108 valence electrons. The van der Waals surface area contributed by atoms with Gasteiger partial charge in [0.05, 0.1) is 0 Å². The van der Waals surface area contributed by atoms with Crippen molar-refractivity contribution in [3.8, 4) is 0 Å². The van der Waals surface area contributed by atoms with Crippen LogP contribution in [-0.4, -0.2) is 30.4 Å². The van der Waals surface area contributed by atoms with E-state index in [4.69, 9.17) is 11.5 Å². The Kier molecular flexibility index (Phi) is 6.02. The molecule has 20 heavy (non-hydrogen) atoms. The van der Waals surface area contributed by atoms with Gasteiger partial charge in [0.25, 0.3) is 5.91 Å². The van der Waals surface area contributed by atoms with Gasteiger partial charge in [0.1, 0.15) is 6.04 Å². The average Bonchev–Trinajstić information content (AvgIpc) is 2.42. The summed E-state index contributed by atoms with van der Waals surface area (Å²) < 4.78 is 0. The normalized spacial score (nSPS) is 11.4. The molecule has 7 heteroatoms. The molecule has 0 aliphatic carbocycles. The summed E-state index contributed by atoms with van der Waals surface area (Å²) in [6.45, 7) is 0.320. The third-order valence-electron chi connectivity index (χ3n) is 2.65. The van der Waals surface area contributed by atoms with E-state index in [9.17, 15) is 14.4 Å². The SMILES string of the molecule is NC(=O)NCCC[C@H](NC(=O)c1ccccc1)C(N)=O. The minimum absolute atomic E-state index is 0.320. The summed E-state index contributed by atoms with van der Waals surface area (Å²) in [5.74, 6) is -0.981. The maximum Gasteiger partial charge on any atom is 0.312 e. The van der Waals surface area contributed by atoms with Crippen molar-refractivity contribution in [2.45, 2.75) is 18.9 Å². The fraction of sp³-hybridized carbons (Fsp3) is 0.308. The molecule has 1 rings (SSSR count). The molecule has 0 radical (unpaired) electrons. The van der Waals surface area contributed by atoms with Crippen molar-refractivity contribution in [2.75, 3.05) is 6.54 Å². The molecular formula is C13H18N4O3. The third kappa shape index (κ3) is 5.38. The maximum atomic E-state index is 11.9. The molecule has 6 N–H and O–H groups in total. The van der Waals surface area contributed by atoms with Gasteiger partial charge in [-0.05, 0) is 25.0 Å². The summed E-state index contributed by atoms with van der Waals surface area (Å²) in [6, 6.07) is 7.11. The Balaban J connectivity index is 2.49. The van der Waals surface area contributed by atoms with Crippen LogP contribution < -0.4 is 22.1 Å². The zero-order chi connectivity index (χ0) is 15.0. The monoisotopic (exact) mass is 278 g/mol. The molecule has 1 aromatic rings. The maximum absolute atomic E-state index is 11.9. The Labute approximate surface area is 116 Å². The first-order chi connectivity index (χ1) is 9.50. The highest BCUT2D eigenvalue weighted by molar-refractivity contribution is 5.97. The van der Waals surface area contributed by atoms with E-state index in [1.807, 2.05) is 0 Å². The van der Waals surface area contributed by atoms with Crippen molar-refractivity contribution < 1.29 is 14.4 Å². The van der Waals surface area contributed by atoms with Gasteiger partial charge in [-0.2, -0.15) is 0 Å². The first-order valence-corrected chi connectivity index (χ1v) is 6.19. The number of urea groups is 1. The van der Waals surface area contributed by atoms with Crippen LogP contribution >= 0.6 is 0 Å². The van der Waals surface area contributed by atoms with Gasteiger partial charge in [-0.3, -0.25) is 9.59 Å². The Morgan fingerprint density at radius 3 is 2.30 bits per heavy atom. The molecule has 1 aromatic carbocycles. The first-order valence-electron chi connectivity index (χ1n) is 6.19. The summed E-state index contributed by atoms with van der Waals surface area (Å²) in [5, 5.41) is 4.96. The summed E-state index contributed by atoms with van der Waals surface area (Å²) in [6.07, 6.45) is 0.805. The molecule has 0 aliphatic rings. The fourth-order valence-corrected chi connectivity index (χ4v) is 1.63. The number of carbonyl (C=O) groups excluding carboxylic acids is 3. The van der Waals surface area contributed by atoms with Gasteiger partial charge in [-0.25, -0.2) is 4.79 Å². The lowest BCUT2D eigenvalue weighted by Crippen LogP contribution is -2.44. The van der Waals surface area contributed by atoms with Crippen LogP contribution in [-0.2, 0) is 4.79 Å². The van der Waals surface area contributed by atoms with Gasteiger partial charge in [-0.15, -0.1) is 0 Å². The predicted molar refractivity (Wildman–Crippen MR) is 73.7 cm³/mol. The topological polar surface area (TPSA) is 127 Å². The van der Waals surface area contributed by atoms with E-state index in [-0.39, 0.29) is 5.91 Å². The van der Waals surface area contributed by atoms with Crippen molar-refractivity contribution in [2.24, 2.45) is 11.5 Å². The lowest BCUT2D eigenvalue weighted by molar-refractivity contribution is -0.120. The van der Waals surface area contributed by atoms with Crippen LogP contribution in [0.4, 0.5) is 4.79 Å². The summed E-state index contributed by atoms with van der Waals surface area (Å²) in [4.78, 5) is 33.7. The largest absolute Gasteiger partial charge is 0.368 e. The number of carbonyl (C=O) groups is 3. The van der Waals surface area contributed by atoms with Crippen LogP contribution in [0.15, 0.2) is 30.3 Å². The van der Waals surface area contributed by atoms with Crippen molar-refractivity contribution in [3.63, 3.8) is 0 Å². The average molecular weight is 278 g/mol. The number of amides is 4. The number of hydrogen-bond acceptors (Lipinski definition) is 3. The molecule has 0 bridgehead atoms. The molecule has 0 fully saturated rings. The predicted octanol–water partition coefficient (Wildman–Crippen LogP) is -0.281. The third-order valence-corrected chi connectivity index (χ3v) is 2.65. The number of primary amides is 2. The van der Waals surface area contributed by atoms with E-state index < -0.39 is 18.0 Å². The van der Waals surface area contributed by atoms with Crippen LogP contribution in [0.2, 0.25) is 0 Å². The van der Waals surface area contributed by atoms with Gasteiger partial charge < -0.3 is 22.1 Å². The van der Waals surface area contributed by atoms with Gasteiger partial charge in [0.2, 0.25) is 5.91 Å². The molecule has 1 atom stereocenters. The first kappa shape index (κ1) is 15.5. The standard InChI is InChI=1S/C13H18N4O3/c14-11(18)10(7-4-8-16-13(15)20)17-12(19)9-5-2-1-3-6-9/h1-3,5-6,10H,4,7-8H2,(H2,14,18)(H,17,19)(H3,15,16,20)/t10-/m0/s1. The van der Waals surface area contributed by atoms with Gasteiger partial charge in [0, 0.05) is 12.1 Å². The van der Waals surface area contributed by atoms with Crippen LogP contribution in [0.5, 0.6) is 0 Å². The molecular weight excluding hydrogens is 260 g/mol. The number of rotatable bonds is 7. The zero-order valence-corrected chi connectivity index (χ0v) is 11.0. The van der Waals surface area contributed by atoms with Crippen LogP contribution in [0.3, 0.4) is 0 Å². The Morgan fingerprint density at radius 2 is 1.75 bits per heavy atom. The molecule has 7 nitrogen and oxygen atoms in total. The number of nitrogens with two attached hydrogens (primary N) is 2. The van der Waals surface area contributed by atoms with E-state index in [1.54, 1.807) is 30.3 Å². The molecule has 0 unspecified atom stereocenters. The van der Waals surface area contributed by atoms with E-state index in [0.29, 0.717) is 24.9 Å². The summed E-state index contributed by atoms with van der Waals surface area (Å²) in [7, 11) is 0. The molecule has 0 aliphatic heterocycles. The van der Waals surface area contributed by atoms with Gasteiger partial charge in [0.15, 0.2) is 0 Å². The van der Waals surface area contributed by atoms with Crippen molar-refractivity contribution in [3.05, 3.63) is 35.9 Å². The highest BCUT2D eigenvalue weighted by atomic mass is 16.2. The second kappa shape index (κ2) is 7.78. The summed E-state index contributed by atoms with van der Waals surface area (Å²) in [5.41, 5.74) is 10.6. The zero-order valence-electron chi connectivity index (χ0n) is 11.0. The summed E-state index contributed by atoms with van der Waals surface area (Å²) >= 11 is 0. The second-order valence-electron chi connectivity index (χ2n) is 4.23. The highest BCUT2D eigenvalue weighted by Gasteiger charge is 2.18. The van der Waals surface area contributed by atoms with Crippen molar-refractivity contribution in [1.29, 1.82) is 0 Å². The Bertz CT molecular complexity index is 476. The van der Waals surface area contributed by atoms with E-state index in [1.165, 1.54) is 0 Å². The van der Waals surface area contributed by atoms with Crippen LogP contribution in [0, 0.1) is 0 Å². The smallest absolute Gasteiger partial charge is 0.312 e. The molecule has 0 heterocycles. The van der Waals surface area contributed by atoms with E-state index in [0.717, 1.165) is 0 Å². The van der Waals surface area contributed by atoms with Crippen molar-refractivity contribution in [1.82, 2.24) is 10.6 Å². The molecule has 0 saturated heterocycles. The minimum Gasteiger partial charge on any atom is -0.368 e. The number of benzene rings is 1. The van der Waals surface area contributed by atoms with Gasteiger partial charge in [-0.1, -0.05) is 18.2 Å². The number of nitrogens with one attached hydrogen (secondary N) is 2. The second-order valence-corrected chi connectivity index (χ2v) is 4.23. The van der Waals surface area contributed by atoms with Crippen LogP contribution in [0.25, 0.3) is 0 Å². The molecule has 0 aromatic heterocycles. The molecule has 4 amide bonds. The van der Waals surface area contributed by atoms with Crippen LogP contribution in [0.1, 0.15) is 23.2 Å². The lowest BCUT2D eigenvalue weighted by Gasteiger charge is -2.15. The lowest BCUT2D eigenvalue weighted by atomic mass is 10.1. The minimum atomic E-state index is -0.780. The Morgan fingerprint density at radius 1 is 1.10 bits per heavy atom. The van der Waals surface area contributed by atoms with E-state index >= 15 is 0 Å². The highest BCUT2D eigenvalue weighted by Crippen LogP contribution is 2.02. The molecule has 0 spiro atoms. The molecule has 0 saturated carbocycles. The van der Waals surface area contributed by atoms with Gasteiger partial charge >= 0.3 is 6.03 Å². The van der Waals surface area contributed by atoms with Crippen molar-refractivity contribution >= 4 is 17.8 Å². The fourth-order valence-electron chi connectivity index (χ4n) is 1.63. The Hall–Kier alpha value is -2.57. The quantitative estimate of drug-likeness (QED) is 0.512. The van der Waals surface area contributed by atoms with E-state index in [2.05, 4.69) is 10.6 Å². The number of hydrogen-bond donors (Lipinski definition) is 4.